The van der Waals surface area contributed by atoms with Gasteiger partial charge in [0.1, 0.15) is 30.2 Å². The Morgan fingerprint density at radius 1 is 0.586 bits per heavy atom. The van der Waals surface area contributed by atoms with Crippen molar-refractivity contribution in [1.82, 2.24) is 26.6 Å². The lowest BCUT2D eigenvalue weighted by Crippen LogP contribution is -2.60. The first-order valence-corrected chi connectivity index (χ1v) is 18.4. The molecule has 322 valence electrons. The van der Waals surface area contributed by atoms with E-state index in [0.29, 0.717) is 5.56 Å². The van der Waals surface area contributed by atoms with Crippen molar-refractivity contribution in [1.29, 1.82) is 0 Å². The zero-order valence-corrected chi connectivity index (χ0v) is 32.6. The van der Waals surface area contributed by atoms with Crippen molar-refractivity contribution in [2.75, 3.05) is 13.1 Å². The fraction of sp³-hybridized carbons (Fsp3) is 0.543. The molecule has 0 saturated heterocycles. The van der Waals surface area contributed by atoms with E-state index in [1.807, 2.05) is 0 Å². The molecule has 0 aromatic heterocycles. The number of aliphatic imine (C=N–C) groups is 2. The molecular weight excluding hydrogens is 760 g/mol. The van der Waals surface area contributed by atoms with Crippen LogP contribution in [-0.4, -0.2) is 114 Å². The average molecular weight is 819 g/mol. The Bertz CT molecular complexity index is 1630. The highest BCUT2D eigenvalue weighted by molar-refractivity contribution is 5.98. The van der Waals surface area contributed by atoms with Gasteiger partial charge < -0.3 is 71.8 Å². The van der Waals surface area contributed by atoms with Gasteiger partial charge in [-0.1, -0.05) is 44.2 Å². The van der Waals surface area contributed by atoms with Crippen LogP contribution in [0.3, 0.4) is 0 Å². The van der Waals surface area contributed by atoms with Gasteiger partial charge in [-0.2, -0.15) is 0 Å². The van der Waals surface area contributed by atoms with Crippen molar-refractivity contribution in [3.63, 3.8) is 0 Å². The molecule has 0 radical (unpaired) electrons. The number of nitrogens with two attached hydrogens (primary N) is 7. The number of hydrogen-bond acceptors (Lipinski definition) is 11. The third-order valence-corrected chi connectivity index (χ3v) is 8.43. The Morgan fingerprint density at radius 3 is 1.45 bits per heavy atom. The molecule has 0 saturated carbocycles. The van der Waals surface area contributed by atoms with Crippen molar-refractivity contribution in [3.05, 3.63) is 35.9 Å². The highest BCUT2D eigenvalue weighted by atomic mass is 16.4. The Kier molecular flexibility index (Phi) is 21.8. The molecule has 23 nitrogen and oxygen atoms in total. The van der Waals surface area contributed by atoms with Crippen LogP contribution in [0.15, 0.2) is 40.3 Å². The van der Waals surface area contributed by atoms with E-state index >= 15 is 0 Å². The van der Waals surface area contributed by atoms with Gasteiger partial charge in [0.25, 0.3) is 0 Å². The number of carboxylic acids is 1. The number of benzene rings is 1. The molecule has 0 spiro atoms. The molecule has 1 aromatic carbocycles. The maximum atomic E-state index is 13.9. The quantitative estimate of drug-likeness (QED) is 0.0225. The summed E-state index contributed by atoms with van der Waals surface area (Å²) < 4.78 is 0. The number of guanidine groups is 2. The van der Waals surface area contributed by atoms with Crippen LogP contribution in [0.1, 0.15) is 64.4 Å². The summed E-state index contributed by atoms with van der Waals surface area (Å²) in [7, 11) is 0. The minimum Gasteiger partial charge on any atom is -0.480 e. The lowest BCUT2D eigenvalue weighted by molar-refractivity contribution is -0.142. The molecule has 0 aliphatic heterocycles. The molecule has 0 aliphatic carbocycles. The van der Waals surface area contributed by atoms with Crippen molar-refractivity contribution >= 4 is 59.2 Å². The molecule has 0 aliphatic rings. The summed E-state index contributed by atoms with van der Waals surface area (Å²) in [5.74, 6) is -8.52. The zero-order valence-electron chi connectivity index (χ0n) is 32.6. The van der Waals surface area contributed by atoms with Crippen molar-refractivity contribution < 1.29 is 43.5 Å². The molecule has 20 N–H and O–H groups in total. The van der Waals surface area contributed by atoms with E-state index in [0.717, 1.165) is 0 Å². The number of nitrogens with one attached hydrogen (secondary N) is 5. The number of carbonyl (C=O) groups is 8. The second-order valence-electron chi connectivity index (χ2n) is 13.7. The molecule has 58 heavy (non-hydrogen) atoms. The van der Waals surface area contributed by atoms with E-state index in [2.05, 4.69) is 36.6 Å². The lowest BCUT2D eigenvalue weighted by Gasteiger charge is -2.27. The van der Waals surface area contributed by atoms with E-state index in [-0.39, 0.29) is 75.9 Å². The van der Waals surface area contributed by atoms with Crippen LogP contribution >= 0.6 is 0 Å². The summed E-state index contributed by atoms with van der Waals surface area (Å²) in [5.41, 5.74) is 38.8. The van der Waals surface area contributed by atoms with E-state index < -0.39 is 90.0 Å². The summed E-state index contributed by atoms with van der Waals surface area (Å²) in [6.07, 6.45) is -1.53. The normalized spacial score (nSPS) is 13.9. The SMILES string of the molecule is CC(C)C(N)C(=O)NC(Cc1ccccc1)C(=O)NC(CCCN=C(N)N)C(=O)NC(CC(N)=O)C(=O)NC(CCCN=C(N)N)C(=O)NC(CCC(N)=O)C(=O)O. The second kappa shape index (κ2) is 25.6. The van der Waals surface area contributed by atoms with Crippen molar-refractivity contribution in [2.24, 2.45) is 56.0 Å². The molecule has 23 heteroatoms. The zero-order chi connectivity index (χ0) is 43.9. The first-order chi connectivity index (χ1) is 27.2. The van der Waals surface area contributed by atoms with E-state index in [1.165, 1.54) is 0 Å². The Labute approximate surface area is 335 Å². The topological polar surface area (TPSA) is 424 Å². The first kappa shape index (κ1) is 49.5. The Balaban J connectivity index is 3.45. The van der Waals surface area contributed by atoms with Crippen molar-refractivity contribution in [2.45, 2.75) is 101 Å². The van der Waals surface area contributed by atoms with Gasteiger partial charge in [0, 0.05) is 25.9 Å². The summed E-state index contributed by atoms with van der Waals surface area (Å²) in [6, 6.07) is 0.374. The van der Waals surface area contributed by atoms with Crippen LogP contribution < -0.4 is 66.7 Å². The van der Waals surface area contributed by atoms with Crippen LogP contribution in [-0.2, 0) is 44.8 Å². The van der Waals surface area contributed by atoms with Crippen LogP contribution in [0.25, 0.3) is 0 Å². The van der Waals surface area contributed by atoms with Gasteiger partial charge in [-0.05, 0) is 43.6 Å². The molecule has 6 atom stereocenters. The van der Waals surface area contributed by atoms with Gasteiger partial charge in [-0.25, -0.2) is 4.79 Å². The molecule has 1 aromatic rings. The molecule has 0 heterocycles. The maximum absolute atomic E-state index is 13.9. The Hall–Kier alpha value is -6.52. The minimum atomic E-state index is -1.72. The van der Waals surface area contributed by atoms with Crippen LogP contribution in [0.5, 0.6) is 0 Å². The number of rotatable bonds is 27. The van der Waals surface area contributed by atoms with E-state index in [4.69, 9.17) is 40.1 Å². The molecule has 1 rings (SSSR count). The Morgan fingerprint density at radius 2 is 1.02 bits per heavy atom. The van der Waals surface area contributed by atoms with Gasteiger partial charge in [0.05, 0.1) is 12.5 Å². The second-order valence-corrected chi connectivity index (χ2v) is 13.7. The third kappa shape index (κ3) is 19.9. The smallest absolute Gasteiger partial charge is 0.326 e. The predicted octanol–water partition coefficient (Wildman–Crippen LogP) is -5.03. The monoisotopic (exact) mass is 818 g/mol. The molecule has 7 amide bonds. The van der Waals surface area contributed by atoms with Gasteiger partial charge in [0.2, 0.25) is 41.4 Å². The van der Waals surface area contributed by atoms with Crippen LogP contribution in [0, 0.1) is 5.92 Å². The van der Waals surface area contributed by atoms with Gasteiger partial charge >= 0.3 is 5.97 Å². The van der Waals surface area contributed by atoms with Gasteiger partial charge in [-0.3, -0.25) is 43.5 Å². The van der Waals surface area contributed by atoms with Crippen LogP contribution in [0.4, 0.5) is 0 Å². The molecule has 0 bridgehead atoms. The number of nitrogens with zero attached hydrogens (tertiary/aromatic N) is 2. The number of carboxylic acid groups (broad SMARTS) is 1. The third-order valence-electron chi connectivity index (χ3n) is 8.43. The summed E-state index contributed by atoms with van der Waals surface area (Å²) >= 11 is 0. The molecule has 0 fully saturated rings. The number of primary amides is 2. The largest absolute Gasteiger partial charge is 0.480 e. The summed E-state index contributed by atoms with van der Waals surface area (Å²) in [5, 5.41) is 21.9. The molecular formula is C35H58N14O9. The first-order valence-electron chi connectivity index (χ1n) is 18.4. The average Bonchev–Trinajstić information content (AvgIpc) is 3.14. The standard InChI is InChI=1S/C35H58N14O9/c1-18(2)27(38)32(56)49-23(16-19-8-4-3-5-9-19)30(54)45-21(11-7-15-44-35(41)42)29(53)48-24(17-26(37)51)31(55)46-20(10-6-14-43-34(39)40)28(52)47-22(33(57)58)12-13-25(36)50/h3-5,8-9,18,20-24,27H,6-7,10-17,38H2,1-2H3,(H2,36,50)(H2,37,51)(H,45,54)(H,46,55)(H,47,52)(H,48,53)(H,49,56)(H,57,58)(H4,39,40,43)(H4,41,42,44). The lowest BCUT2D eigenvalue weighted by atomic mass is 10.0. The number of hydrogen-bond donors (Lipinski definition) is 13. The maximum Gasteiger partial charge on any atom is 0.326 e. The molecule has 6 unspecified atom stereocenters. The highest BCUT2D eigenvalue weighted by Crippen LogP contribution is 2.09. The fourth-order valence-electron chi connectivity index (χ4n) is 5.22. The predicted molar refractivity (Wildman–Crippen MR) is 212 cm³/mol. The van der Waals surface area contributed by atoms with Gasteiger partial charge in [-0.15, -0.1) is 0 Å². The van der Waals surface area contributed by atoms with E-state index in [1.54, 1.807) is 44.2 Å². The summed E-state index contributed by atoms with van der Waals surface area (Å²) in [4.78, 5) is 111. The highest BCUT2D eigenvalue weighted by Gasteiger charge is 2.34. The number of carbonyl (C=O) groups excluding carboxylic acids is 7. The summed E-state index contributed by atoms with van der Waals surface area (Å²) in [6.45, 7) is 3.50. The van der Waals surface area contributed by atoms with Gasteiger partial charge in [0.15, 0.2) is 11.9 Å². The number of amides is 7. The van der Waals surface area contributed by atoms with Crippen molar-refractivity contribution in [3.8, 4) is 0 Å². The number of aliphatic carboxylic acids is 1. The van der Waals surface area contributed by atoms with E-state index in [9.17, 15) is 43.5 Å². The minimum absolute atomic E-state index is 0.00380. The fourth-order valence-corrected chi connectivity index (χ4v) is 5.22. The van der Waals surface area contributed by atoms with Crippen LogP contribution in [0.2, 0.25) is 0 Å².